The molecule has 0 amide bonds. The lowest BCUT2D eigenvalue weighted by Crippen LogP contribution is -2.13. The van der Waals surface area contributed by atoms with Crippen LogP contribution in [-0.4, -0.2) is 23.4 Å². The molecular formula is C13H11BrN4O2S. The zero-order chi connectivity index (χ0) is 15.0. The van der Waals surface area contributed by atoms with Crippen molar-refractivity contribution in [2.45, 2.75) is 11.9 Å². The van der Waals surface area contributed by atoms with E-state index < -0.39 is 10.0 Å². The Labute approximate surface area is 129 Å². The van der Waals surface area contributed by atoms with Crippen molar-refractivity contribution in [2.24, 2.45) is 0 Å². The van der Waals surface area contributed by atoms with E-state index in [0.717, 1.165) is 9.86 Å². The number of nitrogens with zero attached hydrogens (tertiary/aromatic N) is 2. The van der Waals surface area contributed by atoms with E-state index in [9.17, 15) is 8.42 Å². The van der Waals surface area contributed by atoms with Gasteiger partial charge in [0.05, 0.1) is 17.4 Å². The van der Waals surface area contributed by atoms with Crippen molar-refractivity contribution in [3.05, 3.63) is 47.0 Å². The van der Waals surface area contributed by atoms with E-state index in [4.69, 9.17) is 0 Å². The number of rotatable bonds is 3. The number of benzene rings is 1. The van der Waals surface area contributed by atoms with Gasteiger partial charge < -0.3 is 4.98 Å². The molecule has 0 radical (unpaired) electrons. The minimum absolute atomic E-state index is 0.0223. The summed E-state index contributed by atoms with van der Waals surface area (Å²) in [5.41, 5.74) is 1.01. The number of nitrogens with one attached hydrogen (secondary N) is 2. The first-order valence-corrected chi connectivity index (χ1v) is 8.32. The number of aromatic amines is 1. The average Bonchev–Trinajstić information content (AvgIpc) is 2.86. The Morgan fingerprint density at radius 2 is 2.05 bits per heavy atom. The monoisotopic (exact) mass is 366 g/mol. The van der Waals surface area contributed by atoms with Crippen LogP contribution >= 0.6 is 15.9 Å². The first-order chi connectivity index (χ1) is 9.95. The second kappa shape index (κ2) is 5.12. The quantitative estimate of drug-likeness (QED) is 0.745. The van der Waals surface area contributed by atoms with Gasteiger partial charge in [0.15, 0.2) is 5.03 Å². The number of aryl methyl sites for hydroxylation is 1. The lowest BCUT2D eigenvalue weighted by molar-refractivity contribution is 0.598. The van der Waals surface area contributed by atoms with E-state index in [1.165, 1.54) is 6.20 Å². The van der Waals surface area contributed by atoms with Gasteiger partial charge in [-0.1, -0.05) is 12.1 Å². The van der Waals surface area contributed by atoms with Crippen molar-refractivity contribution in [1.82, 2.24) is 15.0 Å². The van der Waals surface area contributed by atoms with E-state index in [-0.39, 0.29) is 5.03 Å². The Bertz CT molecular complexity index is 921. The second-order valence-corrected chi connectivity index (χ2v) is 7.04. The van der Waals surface area contributed by atoms with Crippen LogP contribution in [0.15, 0.2) is 46.2 Å². The molecule has 0 fully saturated rings. The molecule has 1 aromatic carbocycles. The number of fused-ring (bicyclic) bond motifs is 1. The highest BCUT2D eigenvalue weighted by molar-refractivity contribution is 9.10. The highest BCUT2D eigenvalue weighted by Gasteiger charge is 2.18. The third-order valence-electron chi connectivity index (χ3n) is 2.89. The van der Waals surface area contributed by atoms with Gasteiger partial charge in [0.1, 0.15) is 5.82 Å². The average molecular weight is 367 g/mol. The van der Waals surface area contributed by atoms with Crippen LogP contribution in [0.1, 0.15) is 5.82 Å². The van der Waals surface area contributed by atoms with Gasteiger partial charge in [-0.3, -0.25) is 9.71 Å². The fraction of sp³-hybridized carbons (Fsp3) is 0.0769. The van der Waals surface area contributed by atoms with Gasteiger partial charge in [-0.25, -0.2) is 4.98 Å². The Balaban J connectivity index is 2.06. The van der Waals surface area contributed by atoms with Crippen LogP contribution in [0.25, 0.3) is 10.9 Å². The predicted molar refractivity (Wildman–Crippen MR) is 83.6 cm³/mol. The van der Waals surface area contributed by atoms with Gasteiger partial charge in [-0.05, 0) is 35.0 Å². The van der Waals surface area contributed by atoms with Gasteiger partial charge in [0, 0.05) is 16.1 Å². The van der Waals surface area contributed by atoms with Crippen molar-refractivity contribution in [3.8, 4) is 0 Å². The number of halogens is 1. The summed E-state index contributed by atoms with van der Waals surface area (Å²) in [5.74, 6) is 0.537. The summed E-state index contributed by atoms with van der Waals surface area (Å²) >= 11 is 3.34. The minimum Gasteiger partial charge on any atom is -0.332 e. The molecule has 2 heterocycles. The minimum atomic E-state index is -3.71. The molecule has 0 atom stereocenters. The van der Waals surface area contributed by atoms with E-state index in [0.29, 0.717) is 17.0 Å². The zero-order valence-corrected chi connectivity index (χ0v) is 13.4. The lowest BCUT2D eigenvalue weighted by Gasteiger charge is -2.09. The molecule has 2 aromatic heterocycles. The van der Waals surface area contributed by atoms with Crippen LogP contribution in [0.3, 0.4) is 0 Å². The van der Waals surface area contributed by atoms with Crippen LogP contribution in [0.2, 0.25) is 0 Å². The number of imidazole rings is 1. The predicted octanol–water partition coefficient (Wildman–Crippen LogP) is 2.83. The molecule has 21 heavy (non-hydrogen) atoms. The number of anilines is 1. The standard InChI is InChI=1S/C13H11BrN4O2S/c1-8-15-7-12(17-8)21(19,20)18-11-4-2-3-9-5-10(14)6-16-13(9)11/h2-7,18H,1H3,(H,15,17). The maximum absolute atomic E-state index is 12.3. The molecule has 0 saturated heterocycles. The number of pyridine rings is 1. The molecule has 0 aliphatic heterocycles. The number of sulfonamides is 1. The number of hydrogen-bond donors (Lipinski definition) is 2. The van der Waals surface area contributed by atoms with Crippen LogP contribution in [0.5, 0.6) is 0 Å². The third-order valence-corrected chi connectivity index (χ3v) is 4.60. The maximum atomic E-state index is 12.3. The molecule has 3 rings (SSSR count). The molecular weight excluding hydrogens is 356 g/mol. The van der Waals surface area contributed by atoms with E-state index in [1.807, 2.05) is 12.1 Å². The van der Waals surface area contributed by atoms with Crippen molar-refractivity contribution >= 4 is 42.5 Å². The zero-order valence-electron chi connectivity index (χ0n) is 11.0. The van der Waals surface area contributed by atoms with Gasteiger partial charge in [-0.15, -0.1) is 0 Å². The summed E-state index contributed by atoms with van der Waals surface area (Å²) in [6, 6.07) is 7.18. The normalized spacial score (nSPS) is 11.7. The molecule has 0 saturated carbocycles. The SMILES string of the molecule is Cc1ncc(S(=O)(=O)Nc2cccc3cc(Br)cnc23)[nH]1. The molecule has 0 unspecified atom stereocenters. The summed E-state index contributed by atoms with van der Waals surface area (Å²) in [6.07, 6.45) is 2.91. The molecule has 6 nitrogen and oxygen atoms in total. The Kier molecular flexibility index (Phi) is 3.42. The molecule has 0 bridgehead atoms. The van der Waals surface area contributed by atoms with Crippen LogP contribution in [0.4, 0.5) is 5.69 Å². The van der Waals surface area contributed by atoms with E-state index in [2.05, 4.69) is 35.6 Å². The first kappa shape index (κ1) is 14.0. The number of H-pyrrole nitrogens is 1. The second-order valence-electron chi connectivity index (χ2n) is 4.47. The molecule has 0 aliphatic carbocycles. The summed E-state index contributed by atoms with van der Waals surface area (Å²) < 4.78 is 28.0. The van der Waals surface area contributed by atoms with Gasteiger partial charge in [0.25, 0.3) is 10.0 Å². The van der Waals surface area contributed by atoms with Crippen molar-refractivity contribution in [1.29, 1.82) is 0 Å². The number of hydrogen-bond acceptors (Lipinski definition) is 4. The van der Waals surface area contributed by atoms with Crippen LogP contribution in [0, 0.1) is 6.92 Å². The fourth-order valence-electron chi connectivity index (χ4n) is 1.95. The Morgan fingerprint density at radius 3 is 2.76 bits per heavy atom. The number of aromatic nitrogens is 3. The van der Waals surface area contributed by atoms with E-state index >= 15 is 0 Å². The Hall–Kier alpha value is -1.93. The maximum Gasteiger partial charge on any atom is 0.279 e. The smallest absolute Gasteiger partial charge is 0.279 e. The van der Waals surface area contributed by atoms with Crippen molar-refractivity contribution in [2.75, 3.05) is 4.72 Å². The first-order valence-electron chi connectivity index (χ1n) is 6.04. The van der Waals surface area contributed by atoms with Gasteiger partial charge >= 0.3 is 0 Å². The number of para-hydroxylation sites is 1. The summed E-state index contributed by atoms with van der Waals surface area (Å²) in [4.78, 5) is 10.9. The van der Waals surface area contributed by atoms with Crippen molar-refractivity contribution in [3.63, 3.8) is 0 Å². The third kappa shape index (κ3) is 2.77. The highest BCUT2D eigenvalue weighted by Crippen LogP contribution is 2.25. The van der Waals surface area contributed by atoms with Gasteiger partial charge in [0.2, 0.25) is 0 Å². The summed E-state index contributed by atoms with van der Waals surface area (Å²) in [7, 11) is -3.71. The molecule has 0 aliphatic rings. The molecule has 3 aromatic rings. The lowest BCUT2D eigenvalue weighted by atomic mass is 10.2. The molecule has 8 heteroatoms. The molecule has 108 valence electrons. The highest BCUT2D eigenvalue weighted by atomic mass is 79.9. The molecule has 2 N–H and O–H groups in total. The topological polar surface area (TPSA) is 87.7 Å². The van der Waals surface area contributed by atoms with Gasteiger partial charge in [-0.2, -0.15) is 8.42 Å². The van der Waals surface area contributed by atoms with Crippen LogP contribution in [-0.2, 0) is 10.0 Å². The Morgan fingerprint density at radius 1 is 1.24 bits per heavy atom. The largest absolute Gasteiger partial charge is 0.332 e. The van der Waals surface area contributed by atoms with E-state index in [1.54, 1.807) is 25.3 Å². The fourth-order valence-corrected chi connectivity index (χ4v) is 3.34. The summed E-state index contributed by atoms with van der Waals surface area (Å²) in [6.45, 7) is 1.69. The molecule has 0 spiro atoms. The van der Waals surface area contributed by atoms with Crippen molar-refractivity contribution < 1.29 is 8.42 Å². The summed E-state index contributed by atoms with van der Waals surface area (Å²) in [5, 5.41) is 0.861. The van der Waals surface area contributed by atoms with Crippen LogP contribution < -0.4 is 4.72 Å².